The smallest absolute Gasteiger partial charge is 0.261 e. The van der Waals surface area contributed by atoms with Crippen LogP contribution in [0.15, 0.2) is 66.7 Å². The standard InChI is InChI=1S/C29H32Cl2N2O3/c1-19(2)32-29(35)26(16-22-9-6-5-7-10-22)33(17-23-11-8-12-24(30)15-23)27(34)18-36-25-13-20(3)28(31)21(4)14-25/h5-15,19,26H,16-18H2,1-4H3,(H,32,35). The minimum absolute atomic E-state index is 0.0739. The number of ether oxygens (including phenoxy) is 1. The van der Waals surface area contributed by atoms with Crippen molar-refractivity contribution in [1.82, 2.24) is 10.2 Å². The predicted molar refractivity (Wildman–Crippen MR) is 146 cm³/mol. The fraction of sp³-hybridized carbons (Fsp3) is 0.310. The van der Waals surface area contributed by atoms with Crippen molar-refractivity contribution >= 4 is 35.0 Å². The van der Waals surface area contributed by atoms with Crippen molar-refractivity contribution in [3.05, 3.63) is 99.0 Å². The summed E-state index contributed by atoms with van der Waals surface area (Å²) >= 11 is 12.5. The average Bonchev–Trinajstić information content (AvgIpc) is 2.83. The van der Waals surface area contributed by atoms with Crippen LogP contribution >= 0.6 is 23.2 Å². The molecule has 0 aliphatic rings. The fourth-order valence-corrected chi connectivity index (χ4v) is 4.31. The summed E-state index contributed by atoms with van der Waals surface area (Å²) in [5, 5.41) is 4.21. The van der Waals surface area contributed by atoms with Gasteiger partial charge >= 0.3 is 0 Å². The number of amides is 2. The quantitative estimate of drug-likeness (QED) is 0.344. The SMILES string of the molecule is Cc1cc(OCC(=O)N(Cc2cccc(Cl)c2)C(Cc2ccccc2)C(=O)NC(C)C)cc(C)c1Cl. The number of aryl methyl sites for hydroxylation is 2. The lowest BCUT2D eigenvalue weighted by Crippen LogP contribution is -2.52. The monoisotopic (exact) mass is 526 g/mol. The van der Waals surface area contributed by atoms with Gasteiger partial charge in [0, 0.05) is 29.1 Å². The molecular formula is C29H32Cl2N2O3. The zero-order valence-corrected chi connectivity index (χ0v) is 22.6. The Bertz CT molecular complexity index is 1180. The molecule has 0 bridgehead atoms. The van der Waals surface area contributed by atoms with Crippen LogP contribution in [0.2, 0.25) is 10.0 Å². The summed E-state index contributed by atoms with van der Waals surface area (Å²) in [6.45, 7) is 7.57. The second-order valence-corrected chi connectivity index (χ2v) is 9.99. The summed E-state index contributed by atoms with van der Waals surface area (Å²) < 4.78 is 5.88. The van der Waals surface area contributed by atoms with E-state index in [4.69, 9.17) is 27.9 Å². The van der Waals surface area contributed by atoms with Gasteiger partial charge in [0.05, 0.1) is 0 Å². The van der Waals surface area contributed by atoms with E-state index in [-0.39, 0.29) is 31.0 Å². The van der Waals surface area contributed by atoms with Crippen LogP contribution in [0.4, 0.5) is 0 Å². The third kappa shape index (κ3) is 7.74. The molecule has 3 aromatic carbocycles. The topological polar surface area (TPSA) is 58.6 Å². The Labute approximate surface area is 223 Å². The molecule has 1 N–H and O–H groups in total. The maximum atomic E-state index is 13.6. The number of nitrogens with zero attached hydrogens (tertiary/aromatic N) is 1. The number of halogens is 2. The summed E-state index contributed by atoms with van der Waals surface area (Å²) in [6, 6.07) is 19.8. The second-order valence-electron chi connectivity index (χ2n) is 9.18. The molecule has 3 rings (SSSR count). The predicted octanol–water partition coefficient (Wildman–Crippen LogP) is 6.15. The number of carbonyl (C=O) groups excluding carboxylic acids is 2. The van der Waals surface area contributed by atoms with E-state index in [1.165, 1.54) is 0 Å². The Morgan fingerprint density at radius 1 is 0.917 bits per heavy atom. The van der Waals surface area contributed by atoms with Crippen molar-refractivity contribution in [3.63, 3.8) is 0 Å². The van der Waals surface area contributed by atoms with Crippen molar-refractivity contribution in [2.24, 2.45) is 0 Å². The highest BCUT2D eigenvalue weighted by Crippen LogP contribution is 2.26. The van der Waals surface area contributed by atoms with Crippen LogP contribution in [0, 0.1) is 13.8 Å². The zero-order chi connectivity index (χ0) is 26.2. The number of hydrogen-bond acceptors (Lipinski definition) is 3. The van der Waals surface area contributed by atoms with Gasteiger partial charge in [-0.3, -0.25) is 9.59 Å². The molecule has 0 fully saturated rings. The third-order valence-electron chi connectivity index (χ3n) is 5.72. The van der Waals surface area contributed by atoms with Crippen LogP contribution < -0.4 is 10.1 Å². The molecule has 0 radical (unpaired) electrons. The van der Waals surface area contributed by atoms with Gasteiger partial charge in [0.25, 0.3) is 5.91 Å². The molecule has 0 heterocycles. The molecule has 0 spiro atoms. The van der Waals surface area contributed by atoms with E-state index in [1.54, 1.807) is 29.2 Å². The zero-order valence-electron chi connectivity index (χ0n) is 21.1. The fourth-order valence-electron chi connectivity index (χ4n) is 3.98. The highest BCUT2D eigenvalue weighted by Gasteiger charge is 2.31. The second kappa shape index (κ2) is 12.8. The van der Waals surface area contributed by atoms with Gasteiger partial charge in [-0.25, -0.2) is 0 Å². The van der Waals surface area contributed by atoms with Gasteiger partial charge in [0.1, 0.15) is 11.8 Å². The Morgan fingerprint density at radius 2 is 1.56 bits per heavy atom. The van der Waals surface area contributed by atoms with Gasteiger partial charge in [-0.1, -0.05) is 65.7 Å². The van der Waals surface area contributed by atoms with E-state index in [0.717, 1.165) is 22.3 Å². The molecule has 0 saturated heterocycles. The summed E-state index contributed by atoms with van der Waals surface area (Å²) in [5.41, 5.74) is 3.51. The number of hydrogen-bond donors (Lipinski definition) is 1. The van der Waals surface area contributed by atoms with Gasteiger partial charge in [0.15, 0.2) is 6.61 Å². The van der Waals surface area contributed by atoms with E-state index < -0.39 is 6.04 Å². The summed E-state index contributed by atoms with van der Waals surface area (Å²) in [5.74, 6) is 0.0270. The van der Waals surface area contributed by atoms with Crippen molar-refractivity contribution in [2.45, 2.75) is 52.7 Å². The van der Waals surface area contributed by atoms with Crippen molar-refractivity contribution in [2.75, 3.05) is 6.61 Å². The number of carbonyl (C=O) groups is 2. The largest absolute Gasteiger partial charge is 0.484 e. The highest BCUT2D eigenvalue weighted by molar-refractivity contribution is 6.32. The maximum Gasteiger partial charge on any atom is 0.261 e. The molecule has 7 heteroatoms. The Morgan fingerprint density at radius 3 is 2.17 bits per heavy atom. The maximum absolute atomic E-state index is 13.6. The van der Waals surface area contributed by atoms with E-state index >= 15 is 0 Å². The molecule has 2 amide bonds. The number of nitrogens with one attached hydrogen (secondary N) is 1. The van der Waals surface area contributed by atoms with Crippen molar-refractivity contribution in [3.8, 4) is 5.75 Å². The number of benzene rings is 3. The normalized spacial score (nSPS) is 11.8. The number of rotatable bonds is 10. The van der Waals surface area contributed by atoms with Gasteiger partial charge < -0.3 is 15.0 Å². The van der Waals surface area contributed by atoms with Crippen LogP contribution in [0.1, 0.15) is 36.1 Å². The van der Waals surface area contributed by atoms with Gasteiger partial charge in [0.2, 0.25) is 5.91 Å². The van der Waals surface area contributed by atoms with Crippen molar-refractivity contribution in [1.29, 1.82) is 0 Å². The average molecular weight is 527 g/mol. The first-order chi connectivity index (χ1) is 17.1. The molecule has 36 heavy (non-hydrogen) atoms. The molecule has 0 aliphatic carbocycles. The van der Waals surface area contributed by atoms with Crippen LogP contribution in [0.25, 0.3) is 0 Å². The summed E-state index contributed by atoms with van der Waals surface area (Å²) in [6.07, 6.45) is 0.366. The minimum Gasteiger partial charge on any atom is -0.484 e. The van der Waals surface area contributed by atoms with E-state index in [0.29, 0.717) is 22.2 Å². The molecular weight excluding hydrogens is 495 g/mol. The van der Waals surface area contributed by atoms with Crippen LogP contribution in [-0.4, -0.2) is 35.4 Å². The molecule has 1 atom stereocenters. The Balaban J connectivity index is 1.92. The molecule has 0 aromatic heterocycles. The van der Waals surface area contributed by atoms with E-state index in [1.807, 2.05) is 70.2 Å². The highest BCUT2D eigenvalue weighted by atomic mass is 35.5. The minimum atomic E-state index is -0.737. The van der Waals surface area contributed by atoms with Crippen LogP contribution in [-0.2, 0) is 22.6 Å². The van der Waals surface area contributed by atoms with Crippen LogP contribution in [0.3, 0.4) is 0 Å². The lowest BCUT2D eigenvalue weighted by atomic mass is 10.0. The first-order valence-corrected chi connectivity index (χ1v) is 12.7. The van der Waals surface area contributed by atoms with Crippen LogP contribution in [0.5, 0.6) is 5.75 Å². The summed E-state index contributed by atoms with van der Waals surface area (Å²) in [7, 11) is 0. The molecule has 0 aliphatic heterocycles. The molecule has 0 saturated carbocycles. The van der Waals surface area contributed by atoms with Gasteiger partial charge in [-0.15, -0.1) is 0 Å². The molecule has 190 valence electrons. The first-order valence-electron chi connectivity index (χ1n) is 11.9. The van der Waals surface area contributed by atoms with Crippen molar-refractivity contribution < 1.29 is 14.3 Å². The lowest BCUT2D eigenvalue weighted by molar-refractivity contribution is -0.143. The Hall–Kier alpha value is -3.02. The summed E-state index contributed by atoms with van der Waals surface area (Å²) in [4.78, 5) is 28.6. The lowest BCUT2D eigenvalue weighted by Gasteiger charge is -2.32. The molecule has 5 nitrogen and oxygen atoms in total. The Kier molecular flexibility index (Phi) is 9.80. The first kappa shape index (κ1) is 27.6. The van der Waals surface area contributed by atoms with Gasteiger partial charge in [-0.2, -0.15) is 0 Å². The van der Waals surface area contributed by atoms with E-state index in [9.17, 15) is 9.59 Å². The molecule has 1 unspecified atom stereocenters. The third-order valence-corrected chi connectivity index (χ3v) is 6.55. The van der Waals surface area contributed by atoms with Gasteiger partial charge in [-0.05, 0) is 74.2 Å². The molecule has 3 aromatic rings. The van der Waals surface area contributed by atoms with E-state index in [2.05, 4.69) is 5.32 Å².